The second-order valence-corrected chi connectivity index (χ2v) is 5.33. The second-order valence-electron chi connectivity index (χ2n) is 5.33. The van der Waals surface area contributed by atoms with E-state index in [1.54, 1.807) is 7.11 Å². The Hall–Kier alpha value is -0.650. The minimum absolute atomic E-state index is 0.0616. The van der Waals surface area contributed by atoms with Crippen LogP contribution >= 0.6 is 0 Å². The fourth-order valence-corrected chi connectivity index (χ4v) is 2.77. The zero-order chi connectivity index (χ0) is 13.5. The topological polar surface area (TPSA) is 48.0 Å². The molecule has 5 heteroatoms. The van der Waals surface area contributed by atoms with Gasteiger partial charge in [0.2, 0.25) is 5.91 Å². The third-order valence-corrected chi connectivity index (χ3v) is 3.84. The minimum atomic E-state index is 0.0616. The quantitative estimate of drug-likeness (QED) is 0.702. The lowest BCUT2D eigenvalue weighted by Gasteiger charge is -2.35. The molecule has 0 aromatic carbocycles. The van der Waals surface area contributed by atoms with Crippen LogP contribution in [0.2, 0.25) is 0 Å². The van der Waals surface area contributed by atoms with E-state index in [0.29, 0.717) is 19.8 Å². The highest BCUT2D eigenvalue weighted by molar-refractivity contribution is 5.79. The Bertz CT molecular complexity index is 279. The number of rotatable bonds is 5. The van der Waals surface area contributed by atoms with Gasteiger partial charge in [0.1, 0.15) is 0 Å². The number of piperidine rings is 1. The van der Waals surface area contributed by atoms with Gasteiger partial charge in [-0.3, -0.25) is 4.79 Å². The molecule has 1 amide bonds. The van der Waals surface area contributed by atoms with Crippen molar-refractivity contribution in [3.63, 3.8) is 0 Å². The van der Waals surface area contributed by atoms with Crippen molar-refractivity contribution < 1.29 is 19.0 Å². The fourth-order valence-electron chi connectivity index (χ4n) is 2.77. The van der Waals surface area contributed by atoms with E-state index >= 15 is 0 Å². The maximum Gasteiger partial charge on any atom is 0.228 e. The number of ether oxygens (including phenoxy) is 3. The van der Waals surface area contributed by atoms with Gasteiger partial charge in [-0.2, -0.15) is 0 Å². The van der Waals surface area contributed by atoms with Crippen molar-refractivity contribution in [1.29, 1.82) is 0 Å². The van der Waals surface area contributed by atoms with Crippen LogP contribution < -0.4 is 0 Å². The molecule has 2 fully saturated rings. The Morgan fingerprint density at radius 2 is 2.21 bits per heavy atom. The molecule has 2 aliphatic rings. The van der Waals surface area contributed by atoms with Crippen molar-refractivity contribution in [3.8, 4) is 0 Å². The SMILES string of the molecule is COCCOC1CCCN(C(=O)C2CCCOC2)C1. The Morgan fingerprint density at radius 3 is 2.95 bits per heavy atom. The number of carbonyl (C=O) groups is 1. The van der Waals surface area contributed by atoms with Gasteiger partial charge in [-0.05, 0) is 25.7 Å². The first kappa shape index (κ1) is 14.8. The van der Waals surface area contributed by atoms with Gasteiger partial charge < -0.3 is 19.1 Å². The van der Waals surface area contributed by atoms with Crippen molar-refractivity contribution in [2.75, 3.05) is 46.6 Å². The van der Waals surface area contributed by atoms with E-state index in [0.717, 1.165) is 45.4 Å². The number of hydrogen-bond donors (Lipinski definition) is 0. The van der Waals surface area contributed by atoms with Crippen molar-refractivity contribution in [1.82, 2.24) is 4.90 Å². The zero-order valence-corrected chi connectivity index (χ0v) is 11.8. The predicted octanol–water partition coefficient (Wildman–Crippen LogP) is 1.07. The monoisotopic (exact) mass is 271 g/mol. The zero-order valence-electron chi connectivity index (χ0n) is 11.8. The lowest BCUT2D eigenvalue weighted by molar-refractivity contribution is -0.144. The summed E-state index contributed by atoms with van der Waals surface area (Å²) in [4.78, 5) is 14.4. The lowest BCUT2D eigenvalue weighted by Crippen LogP contribution is -2.47. The smallest absolute Gasteiger partial charge is 0.228 e. The van der Waals surface area contributed by atoms with Crippen LogP contribution in [0.25, 0.3) is 0 Å². The predicted molar refractivity (Wildman–Crippen MR) is 71.0 cm³/mol. The van der Waals surface area contributed by atoms with Crippen molar-refractivity contribution in [3.05, 3.63) is 0 Å². The van der Waals surface area contributed by atoms with Gasteiger partial charge in [0.25, 0.3) is 0 Å². The van der Waals surface area contributed by atoms with Gasteiger partial charge >= 0.3 is 0 Å². The Kier molecular flexibility index (Phi) is 6.07. The maximum atomic E-state index is 12.4. The average molecular weight is 271 g/mol. The van der Waals surface area contributed by atoms with Crippen LogP contribution in [0.5, 0.6) is 0 Å². The van der Waals surface area contributed by atoms with Crippen LogP contribution in [0.3, 0.4) is 0 Å². The summed E-state index contributed by atoms with van der Waals surface area (Å²) in [6.07, 6.45) is 4.19. The van der Waals surface area contributed by atoms with Crippen LogP contribution in [0.4, 0.5) is 0 Å². The summed E-state index contributed by atoms with van der Waals surface area (Å²) in [5.41, 5.74) is 0. The van der Waals surface area contributed by atoms with Gasteiger partial charge in [-0.15, -0.1) is 0 Å². The van der Waals surface area contributed by atoms with Gasteiger partial charge in [-0.25, -0.2) is 0 Å². The van der Waals surface area contributed by atoms with Gasteiger partial charge in [-0.1, -0.05) is 0 Å². The molecule has 2 aliphatic heterocycles. The molecule has 2 heterocycles. The van der Waals surface area contributed by atoms with E-state index in [-0.39, 0.29) is 17.9 Å². The fraction of sp³-hybridized carbons (Fsp3) is 0.929. The number of methoxy groups -OCH3 is 1. The van der Waals surface area contributed by atoms with Gasteiger partial charge in [0.05, 0.1) is 31.8 Å². The summed E-state index contributed by atoms with van der Waals surface area (Å²) in [6, 6.07) is 0. The first-order valence-electron chi connectivity index (χ1n) is 7.28. The summed E-state index contributed by atoms with van der Waals surface area (Å²) < 4.78 is 16.1. The molecule has 0 aromatic heterocycles. The molecule has 0 saturated carbocycles. The van der Waals surface area contributed by atoms with Crippen LogP contribution in [0, 0.1) is 5.92 Å². The highest BCUT2D eigenvalue weighted by Gasteiger charge is 2.30. The molecule has 5 nitrogen and oxygen atoms in total. The third-order valence-electron chi connectivity index (χ3n) is 3.84. The van der Waals surface area contributed by atoms with E-state index < -0.39 is 0 Å². The molecule has 2 atom stereocenters. The molecule has 0 aromatic rings. The molecule has 19 heavy (non-hydrogen) atoms. The standard InChI is InChI=1S/C14H25NO4/c1-17-8-9-19-13-5-2-6-15(10-13)14(16)12-4-3-7-18-11-12/h12-13H,2-11H2,1H3. The van der Waals surface area contributed by atoms with E-state index in [2.05, 4.69) is 0 Å². The molecule has 0 aliphatic carbocycles. The van der Waals surface area contributed by atoms with Crippen molar-refractivity contribution in [2.45, 2.75) is 31.8 Å². The highest BCUT2D eigenvalue weighted by Crippen LogP contribution is 2.20. The molecular weight excluding hydrogens is 246 g/mol. The number of likely N-dealkylation sites (tertiary alicyclic amines) is 1. The minimum Gasteiger partial charge on any atom is -0.382 e. The average Bonchev–Trinajstić information content (AvgIpc) is 2.48. The summed E-state index contributed by atoms with van der Waals surface area (Å²) in [7, 11) is 1.67. The second kappa shape index (κ2) is 7.82. The number of amides is 1. The number of hydrogen-bond acceptors (Lipinski definition) is 4. The van der Waals surface area contributed by atoms with Crippen LogP contribution in [0.15, 0.2) is 0 Å². The molecule has 0 bridgehead atoms. The van der Waals surface area contributed by atoms with Crippen molar-refractivity contribution in [2.24, 2.45) is 5.92 Å². The molecule has 0 N–H and O–H groups in total. The normalized spacial score (nSPS) is 28.4. The first-order valence-corrected chi connectivity index (χ1v) is 7.28. The molecule has 110 valence electrons. The van der Waals surface area contributed by atoms with Gasteiger partial charge in [0.15, 0.2) is 0 Å². The third kappa shape index (κ3) is 4.44. The first-order chi connectivity index (χ1) is 9.31. The van der Waals surface area contributed by atoms with E-state index in [4.69, 9.17) is 14.2 Å². The molecular formula is C14H25NO4. The van der Waals surface area contributed by atoms with Crippen molar-refractivity contribution >= 4 is 5.91 Å². The maximum absolute atomic E-state index is 12.4. The molecule has 2 unspecified atom stereocenters. The van der Waals surface area contributed by atoms with E-state index in [9.17, 15) is 4.79 Å². The van der Waals surface area contributed by atoms with Gasteiger partial charge in [0, 0.05) is 26.8 Å². The molecule has 2 saturated heterocycles. The molecule has 0 radical (unpaired) electrons. The lowest BCUT2D eigenvalue weighted by atomic mass is 9.98. The number of nitrogens with zero attached hydrogens (tertiary/aromatic N) is 1. The van der Waals surface area contributed by atoms with E-state index in [1.807, 2.05) is 4.90 Å². The Balaban J connectivity index is 1.77. The summed E-state index contributed by atoms with van der Waals surface area (Å²) in [5, 5.41) is 0. The molecule has 0 spiro atoms. The summed E-state index contributed by atoms with van der Waals surface area (Å²) in [6.45, 7) is 4.19. The van der Waals surface area contributed by atoms with Crippen LogP contribution in [-0.4, -0.2) is 63.5 Å². The largest absolute Gasteiger partial charge is 0.382 e. The highest BCUT2D eigenvalue weighted by atomic mass is 16.5. The van der Waals surface area contributed by atoms with Crippen LogP contribution in [-0.2, 0) is 19.0 Å². The van der Waals surface area contributed by atoms with Crippen LogP contribution in [0.1, 0.15) is 25.7 Å². The summed E-state index contributed by atoms with van der Waals surface area (Å²) in [5.74, 6) is 0.311. The summed E-state index contributed by atoms with van der Waals surface area (Å²) >= 11 is 0. The Morgan fingerprint density at radius 1 is 1.32 bits per heavy atom. The molecule has 2 rings (SSSR count). The Labute approximate surface area is 115 Å². The number of carbonyl (C=O) groups excluding carboxylic acids is 1. The van der Waals surface area contributed by atoms with E-state index in [1.165, 1.54) is 0 Å².